The maximum absolute atomic E-state index is 17.7. The van der Waals surface area contributed by atoms with E-state index in [4.69, 9.17) is 9.47 Å². The second kappa shape index (κ2) is 19.3. The lowest BCUT2D eigenvalue weighted by molar-refractivity contribution is -0.203. The largest absolute Gasteiger partial charge is 0.449 e. The summed E-state index contributed by atoms with van der Waals surface area (Å²) >= 11 is 0. The average Bonchev–Trinajstić information content (AvgIpc) is 3.82. The van der Waals surface area contributed by atoms with E-state index in [9.17, 15) is 39.3 Å². The highest BCUT2D eigenvalue weighted by Crippen LogP contribution is 2.69. The van der Waals surface area contributed by atoms with Crippen molar-refractivity contribution < 1.29 is 57.5 Å². The molecule has 3 saturated carbocycles. The van der Waals surface area contributed by atoms with Crippen LogP contribution in [0.1, 0.15) is 87.0 Å². The van der Waals surface area contributed by atoms with E-state index >= 15 is 8.78 Å². The van der Waals surface area contributed by atoms with Crippen molar-refractivity contribution in [3.05, 3.63) is 149 Å². The maximum atomic E-state index is 17.7. The van der Waals surface area contributed by atoms with Crippen LogP contribution in [0.3, 0.4) is 0 Å². The number of carbonyl (C=O) groups is 5. The van der Waals surface area contributed by atoms with Crippen LogP contribution in [0.5, 0.6) is 0 Å². The Morgan fingerprint density at radius 2 is 1.49 bits per heavy atom. The fourth-order valence-electron chi connectivity index (χ4n) is 12.6. The predicted molar refractivity (Wildman–Crippen MR) is 259 cm³/mol. The number of fused-ring (bicyclic) bond motifs is 8. The van der Waals surface area contributed by atoms with Gasteiger partial charge < -0.3 is 40.7 Å². The minimum absolute atomic E-state index is 0.0118. The lowest BCUT2D eigenvalue weighted by Crippen LogP contribution is -2.68. The number of Topliss-reactive ketones (excluding diaryl/α,β-unsaturated/α-hetero) is 1. The molecular formula is C56H59F2N3O10. The second-order valence-electron chi connectivity index (χ2n) is 20.3. The Morgan fingerprint density at radius 1 is 0.831 bits per heavy atom. The average molecular weight is 972 g/mol. The fourth-order valence-corrected chi connectivity index (χ4v) is 12.6. The van der Waals surface area contributed by atoms with Gasteiger partial charge in [-0.3, -0.25) is 19.2 Å². The third kappa shape index (κ3) is 8.91. The minimum Gasteiger partial charge on any atom is -0.449 e. The van der Waals surface area contributed by atoms with Crippen molar-refractivity contribution >= 4 is 35.2 Å². The number of hydrogen-bond acceptors (Lipinski definition) is 10. The number of allylic oxidation sites excluding steroid dienone is 4. The van der Waals surface area contributed by atoms with Crippen molar-refractivity contribution in [2.75, 3.05) is 18.5 Å². The lowest BCUT2D eigenvalue weighted by atomic mass is 9.45. The zero-order valence-corrected chi connectivity index (χ0v) is 39.9. The molecule has 12 atom stereocenters. The highest BCUT2D eigenvalue weighted by molar-refractivity contribution is 6.01. The number of ether oxygens (including phenoxy) is 2. The Labute approximate surface area is 410 Å². The summed E-state index contributed by atoms with van der Waals surface area (Å²) < 4.78 is 45.5. The van der Waals surface area contributed by atoms with Crippen molar-refractivity contribution in [3.8, 4) is 11.1 Å². The Hall–Kier alpha value is -6.39. The Balaban J connectivity index is 0.780. The molecule has 3 amide bonds. The number of ketones is 2. The van der Waals surface area contributed by atoms with Crippen LogP contribution < -0.4 is 16.0 Å². The topological polar surface area (TPSA) is 201 Å². The van der Waals surface area contributed by atoms with Crippen LogP contribution in [0.2, 0.25) is 0 Å². The van der Waals surface area contributed by atoms with Crippen molar-refractivity contribution in [2.24, 2.45) is 28.6 Å². The van der Waals surface area contributed by atoms with Gasteiger partial charge in [0.05, 0.1) is 18.1 Å². The number of halogens is 2. The summed E-state index contributed by atoms with van der Waals surface area (Å²) in [6, 6.07) is 28.1. The zero-order valence-electron chi connectivity index (χ0n) is 39.9. The van der Waals surface area contributed by atoms with E-state index in [1.807, 2.05) is 54.6 Å². The number of aliphatic hydroxyl groups is 3. The van der Waals surface area contributed by atoms with Gasteiger partial charge in [-0.05, 0) is 121 Å². The third-order valence-electron chi connectivity index (χ3n) is 16.1. The summed E-state index contributed by atoms with van der Waals surface area (Å²) in [5.74, 6) is -5.01. The highest BCUT2D eigenvalue weighted by Gasteiger charge is 2.73. The number of alkyl carbamates (subject to hydrolysis) is 1. The predicted octanol–water partition coefficient (Wildman–Crippen LogP) is 7.13. The van der Waals surface area contributed by atoms with Gasteiger partial charge in [0.25, 0.3) is 0 Å². The number of rotatable bonds is 14. The van der Waals surface area contributed by atoms with Gasteiger partial charge in [-0.15, -0.1) is 0 Å². The Bertz CT molecular complexity index is 2770. The van der Waals surface area contributed by atoms with Gasteiger partial charge in [0.1, 0.15) is 31.5 Å². The van der Waals surface area contributed by atoms with E-state index in [-0.39, 0.29) is 37.4 Å². The molecule has 0 bridgehead atoms. The number of anilines is 1. The van der Waals surface area contributed by atoms with E-state index in [1.165, 1.54) is 32.9 Å². The van der Waals surface area contributed by atoms with Gasteiger partial charge in [0, 0.05) is 28.5 Å². The monoisotopic (exact) mass is 971 g/mol. The van der Waals surface area contributed by atoms with E-state index in [1.54, 1.807) is 49.4 Å². The maximum Gasteiger partial charge on any atom is 0.407 e. The number of aliphatic hydroxyl groups excluding tert-OH is 3. The van der Waals surface area contributed by atoms with Crippen molar-refractivity contribution in [2.45, 2.75) is 102 Å². The summed E-state index contributed by atoms with van der Waals surface area (Å²) in [6.07, 6.45) is -2.91. The summed E-state index contributed by atoms with van der Waals surface area (Å²) in [6.45, 7) is 5.51. The van der Waals surface area contributed by atoms with Crippen LogP contribution in [0.25, 0.3) is 11.1 Å². The van der Waals surface area contributed by atoms with Crippen LogP contribution in [0, 0.1) is 28.6 Å². The first-order valence-corrected chi connectivity index (χ1v) is 24.2. The molecule has 0 aliphatic heterocycles. The molecule has 4 aromatic carbocycles. The van der Waals surface area contributed by atoms with Crippen LogP contribution in [0.4, 0.5) is 19.3 Å². The molecule has 0 heterocycles. The molecular weight excluding hydrogens is 913 g/mol. The number of amides is 3. The molecule has 4 aromatic rings. The molecule has 0 aromatic heterocycles. The quantitative estimate of drug-likeness (QED) is 0.0707. The van der Waals surface area contributed by atoms with Crippen molar-refractivity contribution in [3.63, 3.8) is 0 Å². The number of carbonyl (C=O) groups excluding carboxylic acids is 5. The number of nitrogens with one attached hydrogen (secondary N) is 3. The van der Waals surface area contributed by atoms with Gasteiger partial charge in [0.15, 0.2) is 23.5 Å². The second-order valence-corrected chi connectivity index (χ2v) is 20.3. The number of alkyl halides is 2. The Kier molecular flexibility index (Phi) is 13.5. The first-order chi connectivity index (χ1) is 33.9. The van der Waals surface area contributed by atoms with Crippen molar-refractivity contribution in [1.82, 2.24) is 10.6 Å². The van der Waals surface area contributed by atoms with Crippen LogP contribution >= 0.6 is 0 Å². The molecule has 9 rings (SSSR count). The number of hydrogen-bond donors (Lipinski definition) is 6. The molecule has 5 aliphatic rings. The molecule has 0 radical (unpaired) electrons. The van der Waals surface area contributed by atoms with Crippen LogP contribution in [-0.4, -0.2) is 94.1 Å². The minimum atomic E-state index is -2.37. The molecule has 372 valence electrons. The first kappa shape index (κ1) is 49.6. The van der Waals surface area contributed by atoms with Crippen molar-refractivity contribution in [1.29, 1.82) is 0 Å². The molecule has 5 aliphatic carbocycles. The van der Waals surface area contributed by atoms with Gasteiger partial charge in [-0.1, -0.05) is 97.9 Å². The molecule has 13 nitrogen and oxygen atoms in total. The Morgan fingerprint density at radius 3 is 2.17 bits per heavy atom. The normalized spacial score (nSPS) is 29.5. The van der Waals surface area contributed by atoms with Crippen LogP contribution in [0.15, 0.2) is 121 Å². The molecule has 15 heteroatoms. The standard InChI is InChI=1S/C56H59F2N3O10/c1-30(59-50(66)31(2)60-53(69)70-29-41-39-14-7-5-12-37(39)38-13-6-8-15-40(38)41)51(67)61-35-11-9-10-33(23-35)22-32-16-18-34(19-17-32)52(68)71-47-26-42-43-25-45(57)44-24-36(63)20-21-55(44,4)56(43,58)48(65)27-54(42,3)49(47)46(64)28-62/h5-21,23-24,30-31,41-43,45,47-49,52,62,65,68H,22,25-29H2,1-4H3,(H,59,66)(H,60,69)(H,61,67)/t30-,31-,42-,43-,45-,47+,48-,49-,52-,54-,55-,56-/m0/s1. The van der Waals surface area contributed by atoms with E-state index in [2.05, 4.69) is 16.0 Å². The van der Waals surface area contributed by atoms with E-state index in [0.29, 0.717) is 17.7 Å². The molecule has 6 N–H and O–H groups in total. The van der Waals surface area contributed by atoms with E-state index < -0.39 is 107 Å². The summed E-state index contributed by atoms with van der Waals surface area (Å²) in [7, 11) is 0. The molecule has 0 unspecified atom stereocenters. The molecule has 0 saturated heterocycles. The summed E-state index contributed by atoms with van der Waals surface area (Å²) in [4.78, 5) is 64.8. The van der Waals surface area contributed by atoms with Gasteiger partial charge in [-0.2, -0.15) is 0 Å². The number of benzene rings is 4. The molecule has 71 heavy (non-hydrogen) atoms. The molecule has 0 spiro atoms. The van der Waals surface area contributed by atoms with Gasteiger partial charge in [-0.25, -0.2) is 13.6 Å². The highest BCUT2D eigenvalue weighted by atomic mass is 19.1. The third-order valence-corrected chi connectivity index (χ3v) is 16.1. The lowest BCUT2D eigenvalue weighted by Gasteiger charge is -2.62. The first-order valence-electron chi connectivity index (χ1n) is 24.2. The van der Waals surface area contributed by atoms with E-state index in [0.717, 1.165) is 39.5 Å². The van der Waals surface area contributed by atoms with Gasteiger partial charge >= 0.3 is 6.09 Å². The fraction of sp³-hybridized carbons (Fsp3) is 0.411. The summed E-state index contributed by atoms with van der Waals surface area (Å²) in [5, 5.41) is 41.2. The van der Waals surface area contributed by atoms with Crippen LogP contribution in [-0.2, 0) is 35.1 Å². The smallest absolute Gasteiger partial charge is 0.407 e. The summed E-state index contributed by atoms with van der Waals surface area (Å²) in [5.41, 5.74) is 1.77. The zero-order chi connectivity index (χ0) is 50.6. The van der Waals surface area contributed by atoms with Gasteiger partial charge in [0.2, 0.25) is 11.8 Å². The SMILES string of the molecule is C[C@H](NC(=O)OCC1c2ccccc2-c2ccccc21)C(=O)N[C@@H](C)C(=O)Nc1cccc(Cc2ccc([C@@H](O)O[C@@H]3C[C@H]4[C@@H]5C[C@H](F)C6=CC(=O)C=C[C@]6(C)[C@@]5(F)[C@@H](O)C[C@]4(C)[C@H]3C(=O)CO)cc2)c1. The molecule has 3 fully saturated rings.